The maximum atomic E-state index is 13.9. The third kappa shape index (κ3) is 1.84. The number of ketones is 1. The summed E-state index contributed by atoms with van der Waals surface area (Å²) in [5.41, 5.74) is 0.697. The molecular formula is C15H10FNO3. The van der Waals surface area contributed by atoms with Crippen LogP contribution in [0, 0.1) is 5.82 Å². The molecule has 20 heavy (non-hydrogen) atoms. The van der Waals surface area contributed by atoms with Crippen LogP contribution in [-0.4, -0.2) is 16.8 Å². The van der Waals surface area contributed by atoms with Gasteiger partial charge in [-0.05, 0) is 29.8 Å². The zero-order valence-electron chi connectivity index (χ0n) is 10.3. The average Bonchev–Trinajstić information content (AvgIpc) is 2.66. The lowest BCUT2D eigenvalue weighted by atomic mass is 10.1. The zero-order valence-corrected chi connectivity index (χ0v) is 10.3. The lowest BCUT2D eigenvalue weighted by Gasteiger charge is -2.17. The van der Waals surface area contributed by atoms with E-state index in [0.29, 0.717) is 5.56 Å². The van der Waals surface area contributed by atoms with Gasteiger partial charge in [-0.15, -0.1) is 0 Å². The highest BCUT2D eigenvalue weighted by Crippen LogP contribution is 2.33. The summed E-state index contributed by atoms with van der Waals surface area (Å²) in [5.74, 6) is -2.02. The average molecular weight is 271 g/mol. The predicted molar refractivity (Wildman–Crippen MR) is 70.0 cm³/mol. The highest BCUT2D eigenvalue weighted by atomic mass is 19.1. The van der Waals surface area contributed by atoms with Crippen LogP contribution in [0.4, 0.5) is 10.1 Å². The second-order valence-electron chi connectivity index (χ2n) is 4.53. The van der Waals surface area contributed by atoms with Crippen molar-refractivity contribution in [2.24, 2.45) is 0 Å². The zero-order chi connectivity index (χ0) is 14.3. The van der Waals surface area contributed by atoms with Gasteiger partial charge in [0.05, 0.1) is 17.8 Å². The van der Waals surface area contributed by atoms with Crippen molar-refractivity contribution in [2.75, 3.05) is 4.90 Å². The van der Waals surface area contributed by atoms with Crippen molar-refractivity contribution < 1.29 is 19.1 Å². The molecule has 1 aliphatic rings. The summed E-state index contributed by atoms with van der Waals surface area (Å²) in [4.78, 5) is 24.9. The number of hydrogen-bond donors (Lipinski definition) is 1. The largest absolute Gasteiger partial charge is 0.508 e. The van der Waals surface area contributed by atoms with Crippen LogP contribution in [0.2, 0.25) is 0 Å². The molecule has 5 heteroatoms. The maximum absolute atomic E-state index is 13.9. The van der Waals surface area contributed by atoms with Gasteiger partial charge in [0.15, 0.2) is 0 Å². The van der Waals surface area contributed by atoms with Crippen molar-refractivity contribution in [3.63, 3.8) is 0 Å². The fourth-order valence-electron chi connectivity index (χ4n) is 2.30. The number of hydrogen-bond acceptors (Lipinski definition) is 3. The van der Waals surface area contributed by atoms with Gasteiger partial charge in [-0.25, -0.2) is 4.39 Å². The minimum atomic E-state index is -0.756. The van der Waals surface area contributed by atoms with E-state index in [4.69, 9.17) is 0 Å². The van der Waals surface area contributed by atoms with E-state index in [0.717, 1.165) is 4.90 Å². The van der Waals surface area contributed by atoms with Crippen LogP contribution in [0.15, 0.2) is 42.5 Å². The molecule has 1 heterocycles. The fraction of sp³-hybridized carbons (Fsp3) is 0.0667. The van der Waals surface area contributed by atoms with Crippen LogP contribution in [0.5, 0.6) is 5.75 Å². The number of fused-ring (bicyclic) bond motifs is 1. The first-order valence-electron chi connectivity index (χ1n) is 6.00. The summed E-state index contributed by atoms with van der Waals surface area (Å²) < 4.78 is 13.9. The Morgan fingerprint density at radius 3 is 2.60 bits per heavy atom. The minimum Gasteiger partial charge on any atom is -0.508 e. The van der Waals surface area contributed by atoms with Crippen LogP contribution in [0.1, 0.15) is 15.9 Å². The molecule has 1 aliphatic heterocycles. The first-order valence-corrected chi connectivity index (χ1v) is 6.00. The number of amides is 1. The normalized spacial score (nSPS) is 13.8. The van der Waals surface area contributed by atoms with E-state index in [1.165, 1.54) is 30.3 Å². The number of anilines is 1. The van der Waals surface area contributed by atoms with Gasteiger partial charge in [0.25, 0.3) is 11.7 Å². The Kier molecular flexibility index (Phi) is 2.75. The molecule has 0 aromatic heterocycles. The third-order valence-electron chi connectivity index (χ3n) is 3.19. The van der Waals surface area contributed by atoms with E-state index >= 15 is 0 Å². The molecule has 0 saturated carbocycles. The Morgan fingerprint density at radius 1 is 1.10 bits per heavy atom. The van der Waals surface area contributed by atoms with Crippen LogP contribution in [-0.2, 0) is 11.3 Å². The molecule has 1 amide bonds. The van der Waals surface area contributed by atoms with Gasteiger partial charge in [-0.2, -0.15) is 0 Å². The molecule has 2 aromatic carbocycles. The third-order valence-corrected chi connectivity index (χ3v) is 3.19. The smallest absolute Gasteiger partial charge is 0.299 e. The number of aromatic hydroxyl groups is 1. The summed E-state index contributed by atoms with van der Waals surface area (Å²) in [7, 11) is 0. The fourth-order valence-corrected chi connectivity index (χ4v) is 2.30. The Morgan fingerprint density at radius 2 is 1.85 bits per heavy atom. The van der Waals surface area contributed by atoms with E-state index in [9.17, 15) is 19.1 Å². The number of halogens is 1. The second kappa shape index (κ2) is 4.45. The molecule has 0 spiro atoms. The molecule has 0 saturated heterocycles. The highest BCUT2D eigenvalue weighted by Gasteiger charge is 2.37. The van der Waals surface area contributed by atoms with E-state index in [-0.39, 0.29) is 23.5 Å². The molecule has 0 fully saturated rings. The first kappa shape index (κ1) is 12.3. The number of rotatable bonds is 2. The Hall–Kier alpha value is -2.69. The standard InChI is InChI=1S/C15H10FNO3/c16-12-6-2-5-11-13(12)17(15(20)14(11)19)8-9-3-1-4-10(18)7-9/h1-7,18H,8H2. The number of carbonyl (C=O) groups excluding carboxylic acids is 2. The van der Waals surface area contributed by atoms with Crippen molar-refractivity contribution in [2.45, 2.75) is 6.54 Å². The second-order valence-corrected chi connectivity index (χ2v) is 4.53. The summed E-state index contributed by atoms with van der Waals surface area (Å²) in [6, 6.07) is 10.3. The maximum Gasteiger partial charge on any atom is 0.299 e. The molecular weight excluding hydrogens is 261 g/mol. The van der Waals surface area contributed by atoms with Crippen LogP contribution in [0.3, 0.4) is 0 Å². The van der Waals surface area contributed by atoms with Crippen LogP contribution < -0.4 is 4.90 Å². The van der Waals surface area contributed by atoms with Gasteiger partial charge in [0.1, 0.15) is 11.6 Å². The van der Waals surface area contributed by atoms with Crippen molar-refractivity contribution in [1.29, 1.82) is 0 Å². The number of benzene rings is 2. The molecule has 0 bridgehead atoms. The Labute approximate surface area is 114 Å². The number of para-hydroxylation sites is 1. The number of Topliss-reactive ketones (excluding diaryl/α,β-unsaturated/α-hetero) is 1. The predicted octanol–water partition coefficient (Wildman–Crippen LogP) is 2.26. The van der Waals surface area contributed by atoms with Gasteiger partial charge >= 0.3 is 0 Å². The van der Waals surface area contributed by atoms with Crippen molar-refractivity contribution in [3.8, 4) is 5.75 Å². The van der Waals surface area contributed by atoms with Crippen molar-refractivity contribution >= 4 is 17.4 Å². The highest BCUT2D eigenvalue weighted by molar-refractivity contribution is 6.52. The van der Waals surface area contributed by atoms with Crippen LogP contribution >= 0.6 is 0 Å². The van der Waals surface area contributed by atoms with E-state index in [1.807, 2.05) is 0 Å². The van der Waals surface area contributed by atoms with E-state index in [1.54, 1.807) is 12.1 Å². The molecule has 4 nitrogen and oxygen atoms in total. The quantitative estimate of drug-likeness (QED) is 0.852. The van der Waals surface area contributed by atoms with Gasteiger partial charge in [0, 0.05) is 0 Å². The van der Waals surface area contributed by atoms with E-state index in [2.05, 4.69) is 0 Å². The van der Waals surface area contributed by atoms with Gasteiger partial charge in [-0.1, -0.05) is 18.2 Å². The summed E-state index contributed by atoms with van der Waals surface area (Å²) >= 11 is 0. The Balaban J connectivity index is 2.03. The van der Waals surface area contributed by atoms with Crippen LogP contribution in [0.25, 0.3) is 0 Å². The number of phenolic OH excluding ortho intramolecular Hbond substituents is 1. The van der Waals surface area contributed by atoms with Crippen molar-refractivity contribution in [1.82, 2.24) is 0 Å². The Bertz CT molecular complexity index is 727. The van der Waals surface area contributed by atoms with Gasteiger partial charge in [-0.3, -0.25) is 14.5 Å². The first-order chi connectivity index (χ1) is 9.58. The monoisotopic (exact) mass is 271 g/mol. The lowest BCUT2D eigenvalue weighted by molar-refractivity contribution is -0.114. The molecule has 2 aromatic rings. The van der Waals surface area contributed by atoms with Gasteiger partial charge in [0.2, 0.25) is 0 Å². The number of phenols is 1. The lowest BCUT2D eigenvalue weighted by Crippen LogP contribution is -2.29. The summed E-state index contributed by atoms with van der Waals surface area (Å²) in [6.45, 7) is 0.0346. The molecule has 1 N–H and O–H groups in total. The number of carbonyl (C=O) groups is 2. The topological polar surface area (TPSA) is 57.6 Å². The van der Waals surface area contributed by atoms with Gasteiger partial charge < -0.3 is 5.11 Å². The van der Waals surface area contributed by atoms with Crippen molar-refractivity contribution in [3.05, 3.63) is 59.4 Å². The molecule has 0 atom stereocenters. The number of nitrogens with zero attached hydrogens (tertiary/aromatic N) is 1. The SMILES string of the molecule is O=C1C(=O)N(Cc2cccc(O)c2)c2c(F)cccc21. The molecule has 3 rings (SSSR count). The molecule has 100 valence electrons. The molecule has 0 unspecified atom stereocenters. The molecule has 0 aliphatic carbocycles. The molecule has 0 radical (unpaired) electrons. The summed E-state index contributed by atoms with van der Waals surface area (Å²) in [6.07, 6.45) is 0. The minimum absolute atomic E-state index is 0.00541. The van der Waals surface area contributed by atoms with E-state index < -0.39 is 17.5 Å². The summed E-state index contributed by atoms with van der Waals surface area (Å²) in [5, 5.41) is 9.41.